The highest BCUT2D eigenvalue weighted by Crippen LogP contribution is 2.21. The summed E-state index contributed by atoms with van der Waals surface area (Å²) >= 11 is 6.11. The molecule has 2 rings (SSSR count). The van der Waals surface area contributed by atoms with E-state index in [0.717, 1.165) is 30.8 Å². The molecule has 0 bridgehead atoms. The molecule has 1 aliphatic rings. The van der Waals surface area contributed by atoms with Crippen molar-refractivity contribution in [3.63, 3.8) is 0 Å². The molecule has 1 aromatic rings. The number of carbonyl (C=O) groups excluding carboxylic acids is 1. The van der Waals surface area contributed by atoms with Crippen LogP contribution in [0.15, 0.2) is 0 Å². The van der Waals surface area contributed by atoms with E-state index < -0.39 is 0 Å². The van der Waals surface area contributed by atoms with Gasteiger partial charge in [0.1, 0.15) is 10.9 Å². The van der Waals surface area contributed by atoms with Gasteiger partial charge in [0.15, 0.2) is 0 Å². The summed E-state index contributed by atoms with van der Waals surface area (Å²) in [6.45, 7) is 3.89. The summed E-state index contributed by atoms with van der Waals surface area (Å²) in [6, 6.07) is 0. The Morgan fingerprint density at radius 2 is 2.41 bits per heavy atom. The van der Waals surface area contributed by atoms with Crippen LogP contribution in [0.25, 0.3) is 0 Å². The zero-order valence-electron chi connectivity index (χ0n) is 10.3. The van der Waals surface area contributed by atoms with E-state index in [9.17, 15) is 4.79 Å². The van der Waals surface area contributed by atoms with E-state index in [1.165, 1.54) is 0 Å². The third-order valence-electron chi connectivity index (χ3n) is 3.32. The van der Waals surface area contributed by atoms with Crippen molar-refractivity contribution < 1.29 is 4.79 Å². The molecular formula is C12H18ClN3O. The van der Waals surface area contributed by atoms with E-state index in [2.05, 4.69) is 10.4 Å². The van der Waals surface area contributed by atoms with Crippen molar-refractivity contribution in [3.8, 4) is 0 Å². The Morgan fingerprint density at radius 3 is 2.94 bits per heavy atom. The summed E-state index contributed by atoms with van der Waals surface area (Å²) in [5.41, 5.74) is 1.74. The molecule has 0 aliphatic carbocycles. The van der Waals surface area contributed by atoms with Crippen molar-refractivity contribution in [2.75, 3.05) is 13.1 Å². The SMILES string of the molecule is Cc1nn(C)c(Cl)c1CC(=O)CC1CCNC1. The molecule has 1 unspecified atom stereocenters. The topological polar surface area (TPSA) is 46.9 Å². The number of hydrogen-bond acceptors (Lipinski definition) is 3. The minimum atomic E-state index is 0.261. The summed E-state index contributed by atoms with van der Waals surface area (Å²) in [4.78, 5) is 12.0. The molecule has 1 N–H and O–H groups in total. The maximum atomic E-state index is 12.0. The van der Waals surface area contributed by atoms with Crippen LogP contribution in [-0.2, 0) is 18.3 Å². The van der Waals surface area contributed by atoms with Gasteiger partial charge in [-0.15, -0.1) is 0 Å². The zero-order valence-corrected chi connectivity index (χ0v) is 11.0. The smallest absolute Gasteiger partial charge is 0.137 e. The summed E-state index contributed by atoms with van der Waals surface area (Å²) in [5, 5.41) is 8.07. The van der Waals surface area contributed by atoms with Gasteiger partial charge in [-0.3, -0.25) is 9.48 Å². The second-order valence-electron chi connectivity index (χ2n) is 4.76. The first-order valence-corrected chi connectivity index (χ1v) is 6.36. The minimum Gasteiger partial charge on any atom is -0.316 e. The molecule has 2 heterocycles. The highest BCUT2D eigenvalue weighted by atomic mass is 35.5. The van der Waals surface area contributed by atoms with Gasteiger partial charge < -0.3 is 5.32 Å². The van der Waals surface area contributed by atoms with Gasteiger partial charge in [-0.25, -0.2) is 0 Å². The fraction of sp³-hybridized carbons (Fsp3) is 0.667. The predicted molar refractivity (Wildman–Crippen MR) is 67.3 cm³/mol. The van der Waals surface area contributed by atoms with Crippen molar-refractivity contribution >= 4 is 17.4 Å². The van der Waals surface area contributed by atoms with Gasteiger partial charge in [-0.1, -0.05) is 11.6 Å². The van der Waals surface area contributed by atoms with Gasteiger partial charge in [-0.2, -0.15) is 5.10 Å². The predicted octanol–water partition coefficient (Wildman–Crippen LogP) is 1.49. The largest absolute Gasteiger partial charge is 0.316 e. The first-order valence-electron chi connectivity index (χ1n) is 5.98. The van der Waals surface area contributed by atoms with Gasteiger partial charge in [0.25, 0.3) is 0 Å². The molecule has 0 spiro atoms. The van der Waals surface area contributed by atoms with Crippen LogP contribution in [0.1, 0.15) is 24.1 Å². The molecular weight excluding hydrogens is 238 g/mol. The standard InChI is InChI=1S/C12H18ClN3O/c1-8-11(12(13)16(2)15-8)6-10(17)5-9-3-4-14-7-9/h9,14H,3-7H2,1-2H3. The third-order valence-corrected chi connectivity index (χ3v) is 3.80. The number of rotatable bonds is 4. The Morgan fingerprint density at radius 1 is 1.65 bits per heavy atom. The Bertz CT molecular complexity index is 422. The first-order chi connectivity index (χ1) is 8.08. The molecule has 0 saturated carbocycles. The molecule has 4 nitrogen and oxygen atoms in total. The number of aromatic nitrogens is 2. The number of Topliss-reactive ketones (excluding diaryl/α,β-unsaturated/α-hetero) is 1. The molecule has 0 aromatic carbocycles. The van der Waals surface area contributed by atoms with Crippen LogP contribution in [0.2, 0.25) is 5.15 Å². The summed E-state index contributed by atoms with van der Waals surface area (Å²) in [5.74, 6) is 0.759. The molecule has 5 heteroatoms. The first kappa shape index (κ1) is 12.6. The monoisotopic (exact) mass is 255 g/mol. The van der Waals surface area contributed by atoms with Gasteiger partial charge in [0, 0.05) is 25.5 Å². The lowest BCUT2D eigenvalue weighted by Gasteiger charge is -2.06. The van der Waals surface area contributed by atoms with Crippen molar-refractivity contribution in [1.29, 1.82) is 0 Å². The fourth-order valence-corrected chi connectivity index (χ4v) is 2.60. The Hall–Kier alpha value is -0.870. The van der Waals surface area contributed by atoms with Gasteiger partial charge >= 0.3 is 0 Å². The van der Waals surface area contributed by atoms with E-state index >= 15 is 0 Å². The average Bonchev–Trinajstić information content (AvgIpc) is 2.83. The van der Waals surface area contributed by atoms with E-state index in [1.807, 2.05) is 6.92 Å². The lowest BCUT2D eigenvalue weighted by molar-refractivity contribution is -0.119. The molecule has 1 aliphatic heterocycles. The number of carbonyl (C=O) groups is 1. The van der Waals surface area contributed by atoms with Crippen LogP contribution in [0.5, 0.6) is 0 Å². The molecule has 0 amide bonds. The highest BCUT2D eigenvalue weighted by Gasteiger charge is 2.20. The molecule has 1 fully saturated rings. The molecule has 0 radical (unpaired) electrons. The molecule has 1 atom stereocenters. The number of ketones is 1. The number of nitrogens with one attached hydrogen (secondary N) is 1. The van der Waals surface area contributed by atoms with E-state index in [1.54, 1.807) is 11.7 Å². The van der Waals surface area contributed by atoms with Gasteiger partial charge in [0.05, 0.1) is 5.69 Å². The summed E-state index contributed by atoms with van der Waals surface area (Å²) in [7, 11) is 1.80. The number of aryl methyl sites for hydroxylation is 2. The van der Waals surface area contributed by atoms with Crippen LogP contribution < -0.4 is 5.32 Å². The Kier molecular flexibility index (Phi) is 3.84. The maximum absolute atomic E-state index is 12.0. The van der Waals surface area contributed by atoms with Gasteiger partial charge in [0.2, 0.25) is 0 Å². The average molecular weight is 256 g/mol. The highest BCUT2D eigenvalue weighted by molar-refractivity contribution is 6.30. The van der Waals surface area contributed by atoms with Crippen LogP contribution >= 0.6 is 11.6 Å². The normalized spacial score (nSPS) is 19.8. The second kappa shape index (κ2) is 5.19. The van der Waals surface area contributed by atoms with Crippen LogP contribution in [0.4, 0.5) is 0 Å². The number of halogens is 1. The van der Waals surface area contributed by atoms with Crippen molar-refractivity contribution in [2.24, 2.45) is 13.0 Å². The molecule has 17 heavy (non-hydrogen) atoms. The van der Waals surface area contributed by atoms with Crippen molar-refractivity contribution in [1.82, 2.24) is 15.1 Å². The van der Waals surface area contributed by atoms with E-state index in [0.29, 0.717) is 23.9 Å². The van der Waals surface area contributed by atoms with Crippen LogP contribution in [0, 0.1) is 12.8 Å². The van der Waals surface area contributed by atoms with E-state index in [4.69, 9.17) is 11.6 Å². The summed E-state index contributed by atoms with van der Waals surface area (Å²) < 4.78 is 1.62. The zero-order chi connectivity index (χ0) is 12.4. The Balaban J connectivity index is 1.97. The third kappa shape index (κ3) is 2.87. The molecule has 1 aromatic heterocycles. The molecule has 94 valence electrons. The Labute approximate surface area is 106 Å². The quantitative estimate of drug-likeness (QED) is 0.887. The minimum absolute atomic E-state index is 0.261. The lowest BCUT2D eigenvalue weighted by atomic mass is 9.98. The summed E-state index contributed by atoms with van der Waals surface area (Å²) in [6.07, 6.45) is 2.16. The van der Waals surface area contributed by atoms with Crippen molar-refractivity contribution in [2.45, 2.75) is 26.2 Å². The van der Waals surface area contributed by atoms with Crippen LogP contribution in [0.3, 0.4) is 0 Å². The van der Waals surface area contributed by atoms with Crippen LogP contribution in [-0.4, -0.2) is 28.7 Å². The van der Waals surface area contributed by atoms with E-state index in [-0.39, 0.29) is 5.78 Å². The lowest BCUT2D eigenvalue weighted by Crippen LogP contribution is -2.14. The molecule has 1 saturated heterocycles. The fourth-order valence-electron chi connectivity index (χ4n) is 2.35. The number of nitrogens with zero attached hydrogens (tertiary/aromatic N) is 2. The van der Waals surface area contributed by atoms with Crippen molar-refractivity contribution in [3.05, 3.63) is 16.4 Å². The second-order valence-corrected chi connectivity index (χ2v) is 5.11. The number of hydrogen-bond donors (Lipinski definition) is 1. The van der Waals surface area contributed by atoms with Gasteiger partial charge in [-0.05, 0) is 32.4 Å². The maximum Gasteiger partial charge on any atom is 0.137 e.